The third-order valence-electron chi connectivity index (χ3n) is 2.07. The van der Waals surface area contributed by atoms with Gasteiger partial charge in [-0.25, -0.2) is 0 Å². The number of rotatable bonds is 4. The van der Waals surface area contributed by atoms with Crippen molar-refractivity contribution in [2.45, 2.75) is 32.4 Å². The van der Waals surface area contributed by atoms with Crippen LogP contribution < -0.4 is 11.1 Å². The number of amides is 1. The van der Waals surface area contributed by atoms with Crippen molar-refractivity contribution in [2.75, 3.05) is 0 Å². The van der Waals surface area contributed by atoms with E-state index in [4.69, 9.17) is 5.73 Å². The van der Waals surface area contributed by atoms with Gasteiger partial charge in [-0.05, 0) is 20.8 Å². The Morgan fingerprint density at radius 1 is 1.71 bits per heavy atom. The van der Waals surface area contributed by atoms with E-state index in [-0.39, 0.29) is 11.9 Å². The third kappa shape index (κ3) is 2.52. The van der Waals surface area contributed by atoms with Gasteiger partial charge >= 0.3 is 0 Å². The molecule has 1 rings (SSSR count). The van der Waals surface area contributed by atoms with Gasteiger partial charge in [0.2, 0.25) is 5.91 Å². The second kappa shape index (κ2) is 4.06. The molecule has 1 aromatic heterocycles. The van der Waals surface area contributed by atoms with Crippen molar-refractivity contribution in [3.63, 3.8) is 0 Å². The molecule has 1 heterocycles. The molecule has 5 heteroatoms. The van der Waals surface area contributed by atoms with Gasteiger partial charge in [0.05, 0.1) is 11.0 Å². The highest BCUT2D eigenvalue weighted by molar-refractivity contribution is 7.09. The quantitative estimate of drug-likeness (QED) is 0.785. The zero-order chi connectivity index (χ0) is 10.8. The lowest BCUT2D eigenvalue weighted by molar-refractivity contribution is -0.123. The standard InChI is InChI=1S/C9H15N3OS/c1-6(7-4-11-5-14-7)12-9(2,3)8(10)13/h4-6,12H,1-3H3,(H2,10,13). The number of hydrogen-bond donors (Lipinski definition) is 2. The highest BCUT2D eigenvalue weighted by atomic mass is 32.1. The highest BCUT2D eigenvalue weighted by Crippen LogP contribution is 2.19. The molecule has 0 aliphatic heterocycles. The lowest BCUT2D eigenvalue weighted by Crippen LogP contribution is -2.51. The average Bonchev–Trinajstić information content (AvgIpc) is 2.54. The summed E-state index contributed by atoms with van der Waals surface area (Å²) in [5, 5.41) is 3.15. The number of nitrogens with two attached hydrogens (primary N) is 1. The predicted octanol–water partition coefficient (Wildman–Crippen LogP) is 1.06. The number of aromatic nitrogens is 1. The number of nitrogens with one attached hydrogen (secondary N) is 1. The maximum atomic E-state index is 11.1. The zero-order valence-corrected chi connectivity index (χ0v) is 9.39. The van der Waals surface area contributed by atoms with Crippen LogP contribution in [0.3, 0.4) is 0 Å². The van der Waals surface area contributed by atoms with Crippen LogP contribution >= 0.6 is 11.3 Å². The van der Waals surface area contributed by atoms with Gasteiger partial charge in [-0.3, -0.25) is 15.1 Å². The summed E-state index contributed by atoms with van der Waals surface area (Å²) < 4.78 is 0. The fraction of sp³-hybridized carbons (Fsp3) is 0.556. The molecular formula is C9H15N3OS. The molecule has 0 aromatic carbocycles. The minimum atomic E-state index is -0.691. The van der Waals surface area contributed by atoms with E-state index in [2.05, 4.69) is 10.3 Å². The summed E-state index contributed by atoms with van der Waals surface area (Å²) >= 11 is 1.56. The maximum Gasteiger partial charge on any atom is 0.237 e. The predicted molar refractivity (Wildman–Crippen MR) is 56.9 cm³/mol. The number of carbonyl (C=O) groups excluding carboxylic acids is 1. The van der Waals surface area contributed by atoms with Gasteiger partial charge in [-0.15, -0.1) is 11.3 Å². The van der Waals surface area contributed by atoms with Crippen molar-refractivity contribution >= 4 is 17.2 Å². The second-order valence-electron chi connectivity index (χ2n) is 3.76. The largest absolute Gasteiger partial charge is 0.368 e. The van der Waals surface area contributed by atoms with Crippen molar-refractivity contribution in [2.24, 2.45) is 5.73 Å². The van der Waals surface area contributed by atoms with Gasteiger partial charge in [-0.2, -0.15) is 0 Å². The van der Waals surface area contributed by atoms with E-state index < -0.39 is 5.54 Å². The Bertz CT molecular complexity index is 308. The fourth-order valence-corrected chi connectivity index (χ4v) is 1.75. The molecule has 4 nitrogen and oxygen atoms in total. The van der Waals surface area contributed by atoms with E-state index in [1.807, 2.05) is 6.92 Å². The SMILES string of the molecule is CC(NC(C)(C)C(N)=O)c1cncs1. The van der Waals surface area contributed by atoms with Crippen LogP contribution in [-0.4, -0.2) is 16.4 Å². The number of primary amides is 1. The monoisotopic (exact) mass is 213 g/mol. The van der Waals surface area contributed by atoms with Crippen LogP contribution in [0.4, 0.5) is 0 Å². The molecule has 0 aliphatic rings. The Morgan fingerprint density at radius 2 is 2.36 bits per heavy atom. The van der Waals surface area contributed by atoms with E-state index in [0.717, 1.165) is 4.88 Å². The number of nitrogens with zero attached hydrogens (tertiary/aromatic N) is 1. The Balaban J connectivity index is 2.66. The Morgan fingerprint density at radius 3 is 2.79 bits per heavy atom. The third-order valence-corrected chi connectivity index (χ3v) is 3.03. The van der Waals surface area contributed by atoms with Gasteiger partial charge < -0.3 is 5.73 Å². The molecule has 1 aromatic rings. The summed E-state index contributed by atoms with van der Waals surface area (Å²) in [4.78, 5) is 16.2. The summed E-state index contributed by atoms with van der Waals surface area (Å²) in [6.45, 7) is 5.53. The van der Waals surface area contributed by atoms with Crippen molar-refractivity contribution in [3.05, 3.63) is 16.6 Å². The molecule has 0 saturated carbocycles. The number of carbonyl (C=O) groups is 1. The second-order valence-corrected chi connectivity index (χ2v) is 4.68. The van der Waals surface area contributed by atoms with E-state index in [0.29, 0.717) is 0 Å². The Kier molecular flexibility index (Phi) is 3.23. The van der Waals surface area contributed by atoms with Crippen LogP contribution in [0.1, 0.15) is 31.7 Å². The first-order valence-corrected chi connectivity index (χ1v) is 5.27. The summed E-state index contributed by atoms with van der Waals surface area (Å²) in [6.07, 6.45) is 1.79. The van der Waals surface area contributed by atoms with Crippen molar-refractivity contribution < 1.29 is 4.79 Å². The summed E-state index contributed by atoms with van der Waals surface area (Å²) in [5.74, 6) is -0.353. The molecule has 0 saturated heterocycles. The van der Waals surface area contributed by atoms with Gasteiger partial charge in [0, 0.05) is 17.1 Å². The molecule has 1 unspecified atom stereocenters. The molecule has 0 bridgehead atoms. The molecule has 0 fully saturated rings. The van der Waals surface area contributed by atoms with Gasteiger partial charge in [0.1, 0.15) is 0 Å². The zero-order valence-electron chi connectivity index (χ0n) is 8.57. The summed E-state index contributed by atoms with van der Waals surface area (Å²) in [7, 11) is 0. The van der Waals surface area contributed by atoms with Crippen molar-refractivity contribution in [3.8, 4) is 0 Å². The summed E-state index contributed by atoms with van der Waals surface area (Å²) in [5.41, 5.74) is 6.34. The van der Waals surface area contributed by atoms with Crippen LogP contribution in [0.25, 0.3) is 0 Å². The molecule has 14 heavy (non-hydrogen) atoms. The molecule has 0 spiro atoms. The number of hydrogen-bond acceptors (Lipinski definition) is 4. The van der Waals surface area contributed by atoms with Gasteiger partial charge in [0.25, 0.3) is 0 Å². The molecule has 1 amide bonds. The van der Waals surface area contributed by atoms with E-state index in [1.165, 1.54) is 0 Å². The highest BCUT2D eigenvalue weighted by Gasteiger charge is 2.26. The van der Waals surface area contributed by atoms with E-state index >= 15 is 0 Å². The van der Waals surface area contributed by atoms with E-state index in [9.17, 15) is 4.79 Å². The molecule has 78 valence electrons. The Labute approximate surface area is 87.5 Å². The first-order chi connectivity index (χ1) is 6.43. The number of thiazole rings is 1. The molecule has 0 aliphatic carbocycles. The topological polar surface area (TPSA) is 68.0 Å². The van der Waals surface area contributed by atoms with Crippen LogP contribution in [0, 0.1) is 0 Å². The molecular weight excluding hydrogens is 198 g/mol. The minimum absolute atomic E-state index is 0.0880. The van der Waals surface area contributed by atoms with E-state index in [1.54, 1.807) is 36.9 Å². The van der Waals surface area contributed by atoms with Crippen LogP contribution in [-0.2, 0) is 4.79 Å². The normalized spacial score (nSPS) is 13.9. The molecule has 1 atom stereocenters. The Hall–Kier alpha value is -0.940. The maximum absolute atomic E-state index is 11.1. The van der Waals surface area contributed by atoms with Crippen LogP contribution in [0.5, 0.6) is 0 Å². The molecule has 0 radical (unpaired) electrons. The smallest absolute Gasteiger partial charge is 0.237 e. The summed E-state index contributed by atoms with van der Waals surface area (Å²) in [6, 6.07) is 0.0880. The van der Waals surface area contributed by atoms with Crippen LogP contribution in [0.2, 0.25) is 0 Å². The van der Waals surface area contributed by atoms with Crippen LogP contribution in [0.15, 0.2) is 11.7 Å². The lowest BCUT2D eigenvalue weighted by Gasteiger charge is -2.26. The van der Waals surface area contributed by atoms with Gasteiger partial charge in [-0.1, -0.05) is 0 Å². The van der Waals surface area contributed by atoms with Crippen molar-refractivity contribution in [1.82, 2.24) is 10.3 Å². The first-order valence-electron chi connectivity index (χ1n) is 4.39. The van der Waals surface area contributed by atoms with Gasteiger partial charge in [0.15, 0.2) is 0 Å². The fourth-order valence-electron chi connectivity index (χ4n) is 1.12. The molecule has 3 N–H and O–H groups in total. The first kappa shape index (κ1) is 11.1. The van der Waals surface area contributed by atoms with Crippen molar-refractivity contribution in [1.29, 1.82) is 0 Å². The average molecular weight is 213 g/mol. The lowest BCUT2D eigenvalue weighted by atomic mass is 10.0. The minimum Gasteiger partial charge on any atom is -0.368 e.